The number of likely N-dealkylation sites (tertiary alicyclic amines) is 1. The first kappa shape index (κ1) is 39.4. The van der Waals surface area contributed by atoms with Crippen LogP contribution in [0.5, 0.6) is 0 Å². The highest BCUT2D eigenvalue weighted by atomic mass is 35.5. The van der Waals surface area contributed by atoms with Crippen LogP contribution in [0.1, 0.15) is 63.4 Å². The molecule has 49 heavy (non-hydrogen) atoms. The second-order valence-corrected chi connectivity index (χ2v) is 15.0. The van der Waals surface area contributed by atoms with Crippen LogP contribution in [-0.2, 0) is 5.92 Å². The molecule has 2 aliphatic heterocycles. The Morgan fingerprint density at radius 3 is 2.31 bits per heavy atom. The van der Waals surface area contributed by atoms with E-state index >= 15 is 8.78 Å². The summed E-state index contributed by atoms with van der Waals surface area (Å²) in [5.41, 5.74) is 12.9. The molecule has 6 N–H and O–H groups in total. The Balaban J connectivity index is 0.000000324. The first-order valence-electron chi connectivity index (χ1n) is 17.9. The Labute approximate surface area is 302 Å². The summed E-state index contributed by atoms with van der Waals surface area (Å²) < 4.78 is 32.9. The summed E-state index contributed by atoms with van der Waals surface area (Å²) in [7, 11) is 0. The molecule has 2 atom stereocenters. The highest BCUT2D eigenvalue weighted by Crippen LogP contribution is 2.44. The van der Waals surface area contributed by atoms with Crippen LogP contribution in [0.25, 0.3) is 0 Å². The Hall–Kier alpha value is -2.41. The van der Waals surface area contributed by atoms with Gasteiger partial charge in [-0.05, 0) is 99.6 Å². The summed E-state index contributed by atoms with van der Waals surface area (Å²) in [6.07, 6.45) is 11.8. The predicted octanol–water partition coefficient (Wildman–Crippen LogP) is 7.08. The van der Waals surface area contributed by atoms with E-state index in [4.69, 9.17) is 23.1 Å². The number of hydrogen-bond acceptors (Lipinski definition) is 9. The van der Waals surface area contributed by atoms with Gasteiger partial charge in [0.1, 0.15) is 11.0 Å². The predicted molar refractivity (Wildman–Crippen MR) is 204 cm³/mol. The number of halogens is 3. The molecule has 5 rings (SSSR count). The van der Waals surface area contributed by atoms with Crippen molar-refractivity contribution in [2.24, 2.45) is 17.4 Å². The number of piperidine rings is 1. The molecule has 2 unspecified atom stereocenters. The molecule has 2 aromatic rings. The maximum absolute atomic E-state index is 15.3. The SMILES string of the molecule is C=CCCCNc1ccc(SN2CCN(c3cc(C(F)(F)C4CCCCC4)cc(Cl)n3)CC2)cc1.C=CNCCCN1CC(N)CC(N)C1. The Bertz CT molecular complexity index is 1260. The minimum absolute atomic E-state index is 0.00870. The van der Waals surface area contributed by atoms with Crippen molar-refractivity contribution < 1.29 is 8.78 Å². The number of anilines is 2. The quantitative estimate of drug-likeness (QED) is 0.0667. The van der Waals surface area contributed by atoms with E-state index in [-0.39, 0.29) is 22.8 Å². The summed E-state index contributed by atoms with van der Waals surface area (Å²) in [5.74, 6) is -2.92. The number of nitrogens with two attached hydrogens (primary N) is 2. The van der Waals surface area contributed by atoms with Crippen LogP contribution in [0.4, 0.5) is 20.3 Å². The second kappa shape index (κ2) is 20.4. The molecule has 0 amide bonds. The summed E-state index contributed by atoms with van der Waals surface area (Å²) >= 11 is 7.95. The number of nitrogens with one attached hydrogen (secondary N) is 2. The van der Waals surface area contributed by atoms with Crippen molar-refractivity contribution in [3.63, 3.8) is 0 Å². The van der Waals surface area contributed by atoms with E-state index in [9.17, 15) is 0 Å². The zero-order valence-electron chi connectivity index (χ0n) is 29.0. The van der Waals surface area contributed by atoms with E-state index in [2.05, 4.69) is 67.1 Å². The van der Waals surface area contributed by atoms with E-state index in [0.717, 1.165) is 110 Å². The first-order chi connectivity index (χ1) is 23.7. The number of allylic oxidation sites excluding steroid dienone is 1. The number of nitrogens with zero attached hydrogens (tertiary/aromatic N) is 4. The fourth-order valence-electron chi connectivity index (χ4n) is 6.77. The summed E-state index contributed by atoms with van der Waals surface area (Å²) in [6, 6.07) is 11.9. The molecule has 3 aliphatic rings. The third-order valence-electron chi connectivity index (χ3n) is 9.38. The normalized spacial score (nSPS) is 21.0. The van der Waals surface area contributed by atoms with Gasteiger partial charge in [-0.3, -0.25) is 0 Å². The topological polar surface area (TPSA) is 98.7 Å². The Morgan fingerprint density at radius 1 is 0.959 bits per heavy atom. The molecular weight excluding hydrogens is 662 g/mol. The van der Waals surface area contributed by atoms with Gasteiger partial charge < -0.3 is 31.9 Å². The van der Waals surface area contributed by atoms with Crippen LogP contribution in [-0.4, -0.2) is 85.2 Å². The van der Waals surface area contributed by atoms with E-state index < -0.39 is 11.8 Å². The number of piperazine rings is 1. The number of hydrogen-bond donors (Lipinski definition) is 4. The molecule has 2 saturated heterocycles. The number of alkyl halides is 2. The van der Waals surface area contributed by atoms with E-state index in [0.29, 0.717) is 18.7 Å². The van der Waals surface area contributed by atoms with Gasteiger partial charge in [0.2, 0.25) is 0 Å². The molecular formula is C37H57ClF2N8S. The van der Waals surface area contributed by atoms with Crippen LogP contribution in [0, 0.1) is 5.92 Å². The molecule has 1 aromatic heterocycles. The van der Waals surface area contributed by atoms with Gasteiger partial charge in [-0.25, -0.2) is 18.1 Å². The van der Waals surface area contributed by atoms with Crippen LogP contribution in [0.2, 0.25) is 5.15 Å². The fourth-order valence-corrected chi connectivity index (χ4v) is 7.88. The van der Waals surface area contributed by atoms with Crippen LogP contribution in [0.3, 0.4) is 0 Å². The van der Waals surface area contributed by atoms with Crippen molar-refractivity contribution in [3.05, 3.63) is 72.5 Å². The van der Waals surface area contributed by atoms with Gasteiger partial charge >= 0.3 is 0 Å². The number of pyridine rings is 1. The van der Waals surface area contributed by atoms with Crippen LogP contribution >= 0.6 is 23.5 Å². The van der Waals surface area contributed by atoms with Gasteiger partial charge in [0.05, 0.1) is 0 Å². The summed E-state index contributed by atoms with van der Waals surface area (Å²) in [6.45, 7) is 15.4. The molecule has 1 aromatic carbocycles. The van der Waals surface area contributed by atoms with Crippen LogP contribution < -0.4 is 27.0 Å². The van der Waals surface area contributed by atoms with Crippen molar-refractivity contribution in [1.82, 2.24) is 19.5 Å². The zero-order chi connectivity index (χ0) is 35.1. The molecule has 0 spiro atoms. The van der Waals surface area contributed by atoms with Gasteiger partial charge in [-0.1, -0.05) is 43.5 Å². The van der Waals surface area contributed by atoms with Gasteiger partial charge in [-0.2, -0.15) is 0 Å². The number of rotatable bonds is 15. The number of benzene rings is 1. The molecule has 12 heteroatoms. The van der Waals surface area contributed by atoms with Crippen LogP contribution in [0.15, 0.2) is 66.7 Å². The van der Waals surface area contributed by atoms with Gasteiger partial charge in [0.15, 0.2) is 0 Å². The average Bonchev–Trinajstić information content (AvgIpc) is 3.10. The molecule has 0 bridgehead atoms. The third kappa shape index (κ3) is 13.0. The summed E-state index contributed by atoms with van der Waals surface area (Å²) in [5, 5.41) is 6.65. The molecule has 0 radical (unpaired) electrons. The average molecular weight is 719 g/mol. The van der Waals surface area contributed by atoms with E-state index in [1.807, 2.05) is 6.08 Å². The van der Waals surface area contributed by atoms with Crippen molar-refractivity contribution in [3.8, 4) is 0 Å². The minimum Gasteiger partial charge on any atom is -0.391 e. The highest BCUT2D eigenvalue weighted by molar-refractivity contribution is 7.97. The first-order valence-corrected chi connectivity index (χ1v) is 19.1. The van der Waals surface area contributed by atoms with Crippen molar-refractivity contribution in [2.75, 3.05) is 69.1 Å². The zero-order valence-corrected chi connectivity index (χ0v) is 30.6. The van der Waals surface area contributed by atoms with E-state index in [1.165, 1.54) is 11.0 Å². The second-order valence-electron chi connectivity index (χ2n) is 13.4. The van der Waals surface area contributed by atoms with Crippen molar-refractivity contribution >= 4 is 35.1 Å². The van der Waals surface area contributed by atoms with Gasteiger partial charge in [0.25, 0.3) is 5.92 Å². The lowest BCUT2D eigenvalue weighted by molar-refractivity contribution is -0.0777. The maximum Gasteiger partial charge on any atom is 0.276 e. The minimum atomic E-state index is -2.87. The highest BCUT2D eigenvalue weighted by Gasteiger charge is 2.42. The number of unbranched alkanes of at least 4 members (excludes halogenated alkanes) is 1. The fraction of sp³-hybridized carbons (Fsp3) is 0.595. The van der Waals surface area contributed by atoms with E-state index in [1.54, 1.807) is 24.2 Å². The summed E-state index contributed by atoms with van der Waals surface area (Å²) in [4.78, 5) is 10.00. The Morgan fingerprint density at radius 2 is 1.65 bits per heavy atom. The van der Waals surface area contributed by atoms with Gasteiger partial charge in [-0.15, -0.1) is 6.58 Å². The van der Waals surface area contributed by atoms with Gasteiger partial charge in [0, 0.05) is 86.5 Å². The molecule has 3 fully saturated rings. The molecule has 1 saturated carbocycles. The third-order valence-corrected chi connectivity index (χ3v) is 10.7. The van der Waals surface area contributed by atoms with Crippen molar-refractivity contribution in [1.29, 1.82) is 0 Å². The Kier molecular flexibility index (Phi) is 16.4. The maximum atomic E-state index is 15.3. The smallest absolute Gasteiger partial charge is 0.276 e. The molecule has 1 aliphatic carbocycles. The molecule has 8 nitrogen and oxygen atoms in total. The van der Waals surface area contributed by atoms with Crippen molar-refractivity contribution in [2.45, 2.75) is 80.7 Å². The lowest BCUT2D eigenvalue weighted by atomic mass is 9.82. The molecule has 272 valence electrons. The largest absolute Gasteiger partial charge is 0.391 e. The monoisotopic (exact) mass is 718 g/mol. The number of aromatic nitrogens is 1. The lowest BCUT2D eigenvalue weighted by Gasteiger charge is -2.35. The standard InChI is InChI=1S/C27H35ClF2N4S.C10H22N4/c1-2-3-7-14-31-23-10-12-24(13-11-23)35-34-17-15-33(16-18-34)26-20-22(19-25(28)32-26)27(29,30)21-8-5-4-6-9-21;1-2-13-4-3-5-14-7-9(11)6-10(12)8-14/h2,10-13,19-21,31H,1,3-9,14-18H2;2,9-10,13H,1,3-8,11-12H2. The molecule has 3 heterocycles. The lowest BCUT2D eigenvalue weighted by Crippen LogP contribution is -2.52.